The molecule has 0 aromatic heterocycles. The van der Waals surface area contributed by atoms with Crippen LogP contribution in [-0.2, 0) is 16.1 Å². The minimum absolute atomic E-state index is 0.0232. The van der Waals surface area contributed by atoms with E-state index in [1.54, 1.807) is 4.90 Å². The number of hydrogen-bond donors (Lipinski definition) is 2. The van der Waals surface area contributed by atoms with E-state index in [0.29, 0.717) is 19.5 Å². The van der Waals surface area contributed by atoms with Crippen LogP contribution in [0.2, 0.25) is 0 Å². The molecule has 120 valence electrons. The number of carbonyl (C=O) groups excluding carboxylic acids is 1. The summed E-state index contributed by atoms with van der Waals surface area (Å²) in [6.45, 7) is 3.80. The van der Waals surface area contributed by atoms with Crippen molar-refractivity contribution >= 4 is 11.9 Å². The van der Waals surface area contributed by atoms with Crippen molar-refractivity contribution in [2.45, 2.75) is 38.8 Å². The Kier molecular flexibility index (Phi) is 5.95. The maximum absolute atomic E-state index is 12.0. The summed E-state index contributed by atoms with van der Waals surface area (Å²) in [6, 6.07) is 10.2. The molecule has 5 nitrogen and oxygen atoms in total. The number of amides is 1. The highest BCUT2D eigenvalue weighted by Crippen LogP contribution is 2.21. The van der Waals surface area contributed by atoms with Crippen LogP contribution in [0.5, 0.6) is 0 Å². The van der Waals surface area contributed by atoms with Gasteiger partial charge >= 0.3 is 5.97 Å². The predicted octanol–water partition coefficient (Wildman–Crippen LogP) is 1.88. The van der Waals surface area contributed by atoms with E-state index in [1.807, 2.05) is 25.1 Å². The number of nitrogens with one attached hydrogen (secondary N) is 1. The second kappa shape index (κ2) is 7.94. The molecule has 0 saturated carbocycles. The van der Waals surface area contributed by atoms with Crippen molar-refractivity contribution in [3.05, 3.63) is 35.9 Å². The number of carboxylic acid groups (broad SMARTS) is 1. The number of nitrogens with zero attached hydrogens (tertiary/aromatic N) is 1. The van der Waals surface area contributed by atoms with E-state index in [0.717, 1.165) is 13.0 Å². The Morgan fingerprint density at radius 3 is 2.64 bits per heavy atom. The van der Waals surface area contributed by atoms with Crippen molar-refractivity contribution in [2.75, 3.05) is 13.1 Å². The van der Waals surface area contributed by atoms with Crippen LogP contribution in [0.3, 0.4) is 0 Å². The molecule has 2 atom stereocenters. The molecule has 0 radical (unpaired) electrons. The first-order valence-electron chi connectivity index (χ1n) is 7.85. The highest BCUT2D eigenvalue weighted by Gasteiger charge is 2.30. The second-order valence-corrected chi connectivity index (χ2v) is 5.92. The molecule has 1 aromatic rings. The van der Waals surface area contributed by atoms with E-state index in [-0.39, 0.29) is 24.3 Å². The molecule has 1 aromatic carbocycles. The maximum atomic E-state index is 12.0. The lowest BCUT2D eigenvalue weighted by molar-refractivity contribution is -0.141. The first-order chi connectivity index (χ1) is 10.6. The third kappa shape index (κ3) is 4.84. The third-order valence-corrected chi connectivity index (χ3v) is 4.09. The van der Waals surface area contributed by atoms with Crippen molar-refractivity contribution in [1.82, 2.24) is 10.2 Å². The SMILES string of the molecule is CCC(=O)N1CC(CC(=O)O)CC(NCc2ccccc2)C1. The Labute approximate surface area is 131 Å². The molecule has 1 amide bonds. The van der Waals surface area contributed by atoms with Gasteiger partial charge in [0.25, 0.3) is 0 Å². The number of carboxylic acids is 1. The average Bonchev–Trinajstić information content (AvgIpc) is 2.52. The second-order valence-electron chi connectivity index (χ2n) is 5.92. The summed E-state index contributed by atoms with van der Waals surface area (Å²) in [6.07, 6.45) is 1.38. The van der Waals surface area contributed by atoms with Crippen LogP contribution in [0.4, 0.5) is 0 Å². The van der Waals surface area contributed by atoms with Gasteiger partial charge in [0.1, 0.15) is 0 Å². The van der Waals surface area contributed by atoms with Crippen molar-refractivity contribution < 1.29 is 14.7 Å². The molecule has 1 aliphatic rings. The van der Waals surface area contributed by atoms with Crippen LogP contribution in [-0.4, -0.2) is 41.0 Å². The summed E-state index contributed by atoms with van der Waals surface area (Å²) in [4.78, 5) is 24.7. The molecule has 22 heavy (non-hydrogen) atoms. The predicted molar refractivity (Wildman–Crippen MR) is 84.3 cm³/mol. The Morgan fingerprint density at radius 2 is 2.00 bits per heavy atom. The van der Waals surface area contributed by atoms with Crippen LogP contribution >= 0.6 is 0 Å². The fourth-order valence-corrected chi connectivity index (χ4v) is 3.03. The standard InChI is InChI=1S/C17H24N2O3/c1-2-16(20)19-11-14(9-17(21)22)8-15(12-19)18-10-13-6-4-3-5-7-13/h3-7,14-15,18H,2,8-12H2,1H3,(H,21,22). The van der Waals surface area contributed by atoms with Gasteiger partial charge in [-0.3, -0.25) is 9.59 Å². The lowest BCUT2D eigenvalue weighted by Crippen LogP contribution is -2.51. The average molecular weight is 304 g/mol. The smallest absolute Gasteiger partial charge is 0.303 e. The third-order valence-electron chi connectivity index (χ3n) is 4.09. The van der Waals surface area contributed by atoms with Crippen molar-refractivity contribution in [3.8, 4) is 0 Å². The summed E-state index contributed by atoms with van der Waals surface area (Å²) in [5, 5.41) is 12.5. The Hall–Kier alpha value is -1.88. The number of rotatable bonds is 6. The van der Waals surface area contributed by atoms with Gasteiger partial charge in [0.05, 0.1) is 0 Å². The van der Waals surface area contributed by atoms with Gasteiger partial charge in [0.15, 0.2) is 0 Å². The zero-order valence-corrected chi connectivity index (χ0v) is 13.0. The Balaban J connectivity index is 1.95. The van der Waals surface area contributed by atoms with Crippen LogP contribution in [0, 0.1) is 5.92 Å². The summed E-state index contributed by atoms with van der Waals surface area (Å²) >= 11 is 0. The molecular formula is C17H24N2O3. The lowest BCUT2D eigenvalue weighted by atomic mass is 9.91. The quantitative estimate of drug-likeness (QED) is 0.842. The molecule has 1 saturated heterocycles. The highest BCUT2D eigenvalue weighted by molar-refractivity contribution is 5.76. The fraction of sp³-hybridized carbons (Fsp3) is 0.529. The molecule has 0 aliphatic carbocycles. The van der Waals surface area contributed by atoms with Crippen molar-refractivity contribution in [2.24, 2.45) is 5.92 Å². The van der Waals surface area contributed by atoms with Crippen LogP contribution < -0.4 is 5.32 Å². The van der Waals surface area contributed by atoms with E-state index in [2.05, 4.69) is 17.4 Å². The normalized spacial score (nSPS) is 21.6. The zero-order valence-electron chi connectivity index (χ0n) is 13.0. The number of piperidine rings is 1. The number of aliphatic carboxylic acids is 1. The van der Waals surface area contributed by atoms with E-state index in [9.17, 15) is 9.59 Å². The summed E-state index contributed by atoms with van der Waals surface area (Å²) in [7, 11) is 0. The van der Waals surface area contributed by atoms with Gasteiger partial charge in [-0.05, 0) is 17.9 Å². The highest BCUT2D eigenvalue weighted by atomic mass is 16.4. The first-order valence-corrected chi connectivity index (χ1v) is 7.85. The van der Waals surface area contributed by atoms with Gasteiger partial charge in [0.2, 0.25) is 5.91 Å². The van der Waals surface area contributed by atoms with Crippen LogP contribution in [0.1, 0.15) is 31.7 Å². The van der Waals surface area contributed by atoms with E-state index >= 15 is 0 Å². The lowest BCUT2D eigenvalue weighted by Gasteiger charge is -2.38. The van der Waals surface area contributed by atoms with E-state index < -0.39 is 5.97 Å². The largest absolute Gasteiger partial charge is 0.481 e. The van der Waals surface area contributed by atoms with Gasteiger partial charge in [-0.15, -0.1) is 0 Å². The molecule has 0 bridgehead atoms. The molecule has 2 N–H and O–H groups in total. The maximum Gasteiger partial charge on any atom is 0.303 e. The summed E-state index contributed by atoms with van der Waals surface area (Å²) in [5.74, 6) is -0.672. The molecule has 1 fully saturated rings. The zero-order chi connectivity index (χ0) is 15.9. The molecular weight excluding hydrogens is 280 g/mol. The number of carbonyl (C=O) groups is 2. The van der Waals surface area contributed by atoms with Gasteiger partial charge < -0.3 is 15.3 Å². The molecule has 2 unspecified atom stereocenters. The molecule has 0 spiro atoms. The number of benzene rings is 1. The Bertz CT molecular complexity index is 504. The molecule has 2 rings (SSSR count). The molecule has 1 heterocycles. The fourth-order valence-electron chi connectivity index (χ4n) is 3.03. The van der Waals surface area contributed by atoms with Gasteiger partial charge in [0, 0.05) is 38.5 Å². The van der Waals surface area contributed by atoms with E-state index in [1.165, 1.54) is 5.56 Å². The van der Waals surface area contributed by atoms with Gasteiger partial charge in [-0.1, -0.05) is 37.3 Å². The van der Waals surface area contributed by atoms with E-state index in [4.69, 9.17) is 5.11 Å². The first kappa shape index (κ1) is 16.5. The monoisotopic (exact) mass is 304 g/mol. The molecule has 1 aliphatic heterocycles. The van der Waals surface area contributed by atoms with Crippen molar-refractivity contribution in [3.63, 3.8) is 0 Å². The van der Waals surface area contributed by atoms with Crippen LogP contribution in [0.15, 0.2) is 30.3 Å². The topological polar surface area (TPSA) is 69.6 Å². The minimum Gasteiger partial charge on any atom is -0.481 e. The van der Waals surface area contributed by atoms with Gasteiger partial charge in [-0.2, -0.15) is 0 Å². The van der Waals surface area contributed by atoms with Crippen LogP contribution in [0.25, 0.3) is 0 Å². The molecule has 5 heteroatoms. The summed E-state index contributed by atoms with van der Waals surface area (Å²) in [5.41, 5.74) is 1.19. The summed E-state index contributed by atoms with van der Waals surface area (Å²) < 4.78 is 0. The number of likely N-dealkylation sites (tertiary alicyclic amines) is 1. The minimum atomic E-state index is -0.794. The number of hydrogen-bond acceptors (Lipinski definition) is 3. The van der Waals surface area contributed by atoms with Gasteiger partial charge in [-0.25, -0.2) is 0 Å². The Morgan fingerprint density at radius 1 is 1.27 bits per heavy atom. The van der Waals surface area contributed by atoms with Crippen molar-refractivity contribution in [1.29, 1.82) is 0 Å².